The number of rotatable bonds is 4. The van der Waals surface area contributed by atoms with Crippen LogP contribution >= 0.6 is 0 Å². The molecule has 2 aromatic rings. The molecule has 0 aliphatic heterocycles. The minimum absolute atomic E-state index is 0.424. The summed E-state index contributed by atoms with van der Waals surface area (Å²) in [4.78, 5) is 4.03. The van der Waals surface area contributed by atoms with Gasteiger partial charge in [0.2, 0.25) is 0 Å². The van der Waals surface area contributed by atoms with Crippen LogP contribution in [0.3, 0.4) is 0 Å². The van der Waals surface area contributed by atoms with Gasteiger partial charge < -0.3 is 5.32 Å². The van der Waals surface area contributed by atoms with Crippen LogP contribution in [0.4, 0.5) is 14.6 Å². The van der Waals surface area contributed by atoms with Crippen LogP contribution in [-0.2, 0) is 6.42 Å². The van der Waals surface area contributed by atoms with Gasteiger partial charge in [-0.2, -0.15) is 5.26 Å². The SMILES string of the molecule is N#Cc1ccc(NCCc2ccc(F)cc2F)nc1. The van der Waals surface area contributed by atoms with Crippen LogP contribution in [0.5, 0.6) is 0 Å². The molecule has 2 rings (SSSR count). The Hall–Kier alpha value is -2.48. The largest absolute Gasteiger partial charge is 0.370 e. The number of nitrogens with one attached hydrogen (secondary N) is 1. The highest BCUT2D eigenvalue weighted by atomic mass is 19.1. The predicted octanol–water partition coefficient (Wildman–Crippen LogP) is 2.89. The number of pyridine rings is 1. The quantitative estimate of drug-likeness (QED) is 0.918. The molecule has 0 fully saturated rings. The summed E-state index contributed by atoms with van der Waals surface area (Å²) in [5.41, 5.74) is 0.928. The van der Waals surface area contributed by atoms with Crippen molar-refractivity contribution in [2.24, 2.45) is 0 Å². The van der Waals surface area contributed by atoms with E-state index in [4.69, 9.17) is 5.26 Å². The molecular weight excluding hydrogens is 248 g/mol. The Morgan fingerprint density at radius 2 is 2.05 bits per heavy atom. The van der Waals surface area contributed by atoms with Crippen LogP contribution in [0.2, 0.25) is 0 Å². The molecule has 0 bridgehead atoms. The fourth-order valence-corrected chi connectivity index (χ4v) is 1.61. The highest BCUT2D eigenvalue weighted by Gasteiger charge is 2.03. The maximum atomic E-state index is 13.4. The molecule has 0 aliphatic rings. The third-order valence-electron chi connectivity index (χ3n) is 2.61. The Morgan fingerprint density at radius 3 is 2.68 bits per heavy atom. The predicted molar refractivity (Wildman–Crippen MR) is 67.5 cm³/mol. The lowest BCUT2D eigenvalue weighted by molar-refractivity contribution is 0.572. The second-order valence-electron chi connectivity index (χ2n) is 3.96. The summed E-state index contributed by atoms with van der Waals surface area (Å²) in [6.45, 7) is 0.474. The molecule has 0 radical (unpaired) electrons. The highest BCUT2D eigenvalue weighted by Crippen LogP contribution is 2.11. The molecule has 0 amide bonds. The van der Waals surface area contributed by atoms with Crippen molar-refractivity contribution >= 4 is 5.82 Å². The first-order valence-corrected chi connectivity index (χ1v) is 5.73. The van der Waals surface area contributed by atoms with E-state index in [0.717, 1.165) is 6.07 Å². The van der Waals surface area contributed by atoms with E-state index in [1.807, 2.05) is 6.07 Å². The highest BCUT2D eigenvalue weighted by molar-refractivity contribution is 5.39. The summed E-state index contributed by atoms with van der Waals surface area (Å²) in [5.74, 6) is -0.515. The zero-order valence-electron chi connectivity index (χ0n) is 10.0. The minimum atomic E-state index is -0.581. The molecule has 1 heterocycles. The van der Waals surface area contributed by atoms with Crippen molar-refractivity contribution in [2.75, 3.05) is 11.9 Å². The molecule has 1 aromatic heterocycles. The van der Waals surface area contributed by atoms with E-state index in [9.17, 15) is 8.78 Å². The van der Waals surface area contributed by atoms with Gasteiger partial charge in [0.1, 0.15) is 23.5 Å². The maximum Gasteiger partial charge on any atom is 0.129 e. The third-order valence-corrected chi connectivity index (χ3v) is 2.61. The Balaban J connectivity index is 1.91. The third kappa shape index (κ3) is 3.49. The number of aromatic nitrogens is 1. The number of halogens is 2. The zero-order chi connectivity index (χ0) is 13.7. The summed E-state index contributed by atoms with van der Waals surface area (Å²) in [6, 6.07) is 8.83. The molecule has 0 unspecified atom stereocenters. The number of anilines is 1. The van der Waals surface area contributed by atoms with E-state index in [2.05, 4.69) is 10.3 Å². The van der Waals surface area contributed by atoms with Gasteiger partial charge in [-0.1, -0.05) is 6.07 Å². The average molecular weight is 259 g/mol. The summed E-state index contributed by atoms with van der Waals surface area (Å²) in [5, 5.41) is 11.6. The zero-order valence-corrected chi connectivity index (χ0v) is 10.0. The monoisotopic (exact) mass is 259 g/mol. The van der Waals surface area contributed by atoms with E-state index in [0.29, 0.717) is 29.9 Å². The molecule has 0 saturated carbocycles. The summed E-state index contributed by atoms with van der Waals surface area (Å²) in [6.07, 6.45) is 1.88. The Labute approximate surface area is 109 Å². The van der Waals surface area contributed by atoms with Crippen LogP contribution < -0.4 is 5.32 Å². The van der Waals surface area contributed by atoms with Crippen LogP contribution in [0, 0.1) is 23.0 Å². The maximum absolute atomic E-state index is 13.4. The first-order valence-electron chi connectivity index (χ1n) is 5.73. The van der Waals surface area contributed by atoms with E-state index < -0.39 is 11.6 Å². The molecule has 0 spiro atoms. The van der Waals surface area contributed by atoms with Gasteiger partial charge >= 0.3 is 0 Å². The van der Waals surface area contributed by atoms with Crippen molar-refractivity contribution < 1.29 is 8.78 Å². The van der Waals surface area contributed by atoms with Gasteiger partial charge in [-0.05, 0) is 30.2 Å². The summed E-state index contributed by atoms with van der Waals surface area (Å²) < 4.78 is 26.1. The van der Waals surface area contributed by atoms with E-state index in [1.165, 1.54) is 18.3 Å². The minimum Gasteiger partial charge on any atom is -0.370 e. The molecule has 19 heavy (non-hydrogen) atoms. The molecule has 96 valence electrons. The van der Waals surface area contributed by atoms with Crippen molar-refractivity contribution in [3.63, 3.8) is 0 Å². The van der Waals surface area contributed by atoms with Gasteiger partial charge in [-0.25, -0.2) is 13.8 Å². The normalized spacial score (nSPS) is 9.95. The molecule has 0 atom stereocenters. The first kappa shape index (κ1) is 13.0. The fourth-order valence-electron chi connectivity index (χ4n) is 1.61. The van der Waals surface area contributed by atoms with Crippen LogP contribution in [0.25, 0.3) is 0 Å². The van der Waals surface area contributed by atoms with Crippen molar-refractivity contribution in [3.8, 4) is 6.07 Å². The lowest BCUT2D eigenvalue weighted by Crippen LogP contribution is -2.07. The van der Waals surface area contributed by atoms with E-state index in [-0.39, 0.29) is 0 Å². The average Bonchev–Trinajstić information content (AvgIpc) is 2.42. The molecule has 0 aliphatic carbocycles. The first-order chi connectivity index (χ1) is 9.19. The molecule has 5 heteroatoms. The second kappa shape index (κ2) is 5.91. The topological polar surface area (TPSA) is 48.7 Å². The molecular formula is C14H11F2N3. The lowest BCUT2D eigenvalue weighted by atomic mass is 10.1. The standard InChI is InChI=1S/C14H11F2N3/c15-12-3-2-11(13(16)7-12)5-6-18-14-4-1-10(8-17)9-19-14/h1-4,7,9H,5-6H2,(H,18,19). The molecule has 1 N–H and O–H groups in total. The van der Waals surface area contributed by atoms with Crippen molar-refractivity contribution in [2.45, 2.75) is 6.42 Å². The van der Waals surface area contributed by atoms with Crippen LogP contribution in [0.1, 0.15) is 11.1 Å². The number of nitriles is 1. The second-order valence-corrected chi connectivity index (χ2v) is 3.96. The number of nitrogens with zero attached hydrogens (tertiary/aromatic N) is 2. The number of hydrogen-bond acceptors (Lipinski definition) is 3. The van der Waals surface area contributed by atoms with Gasteiger partial charge in [-0.15, -0.1) is 0 Å². The molecule has 0 saturated heterocycles. The van der Waals surface area contributed by atoms with Crippen LogP contribution in [0.15, 0.2) is 36.5 Å². The van der Waals surface area contributed by atoms with Gasteiger partial charge in [0.15, 0.2) is 0 Å². The smallest absolute Gasteiger partial charge is 0.129 e. The summed E-state index contributed by atoms with van der Waals surface area (Å²) >= 11 is 0. The van der Waals surface area contributed by atoms with Crippen molar-refractivity contribution in [3.05, 3.63) is 59.3 Å². The Bertz CT molecular complexity index is 603. The molecule has 1 aromatic carbocycles. The van der Waals surface area contributed by atoms with Gasteiger partial charge in [0.25, 0.3) is 0 Å². The number of hydrogen-bond donors (Lipinski definition) is 1. The van der Waals surface area contributed by atoms with Crippen molar-refractivity contribution in [1.82, 2.24) is 4.98 Å². The van der Waals surface area contributed by atoms with E-state index >= 15 is 0 Å². The Morgan fingerprint density at radius 1 is 1.21 bits per heavy atom. The lowest BCUT2D eigenvalue weighted by Gasteiger charge is -2.06. The Kier molecular flexibility index (Phi) is 4.04. The number of benzene rings is 1. The van der Waals surface area contributed by atoms with Gasteiger partial charge in [0.05, 0.1) is 5.56 Å². The van der Waals surface area contributed by atoms with Gasteiger partial charge in [-0.3, -0.25) is 0 Å². The fraction of sp³-hybridized carbons (Fsp3) is 0.143. The summed E-state index contributed by atoms with van der Waals surface area (Å²) in [7, 11) is 0. The van der Waals surface area contributed by atoms with Crippen LogP contribution in [-0.4, -0.2) is 11.5 Å². The van der Waals surface area contributed by atoms with E-state index in [1.54, 1.807) is 12.1 Å². The molecule has 3 nitrogen and oxygen atoms in total. The van der Waals surface area contributed by atoms with Gasteiger partial charge in [0, 0.05) is 18.8 Å². The van der Waals surface area contributed by atoms with Crippen molar-refractivity contribution in [1.29, 1.82) is 5.26 Å².